The van der Waals surface area contributed by atoms with Crippen molar-refractivity contribution in [1.29, 1.82) is 0 Å². The molecular weight excluding hydrogens is 654 g/mol. The van der Waals surface area contributed by atoms with Crippen LogP contribution in [0.2, 0.25) is 0 Å². The number of amides is 2. The Balaban J connectivity index is 1.53. The molecule has 1 aliphatic heterocycles. The van der Waals surface area contributed by atoms with Crippen LogP contribution in [-0.4, -0.2) is 44.7 Å². The Bertz CT molecular complexity index is 2170. The van der Waals surface area contributed by atoms with Gasteiger partial charge >= 0.3 is 0 Å². The van der Waals surface area contributed by atoms with Crippen LogP contribution in [0.3, 0.4) is 0 Å². The molecule has 2 aliphatic carbocycles. The summed E-state index contributed by atoms with van der Waals surface area (Å²) in [7, 11) is 4.63. The number of fused-ring (bicyclic) bond motifs is 5. The third kappa shape index (κ3) is 4.27. The summed E-state index contributed by atoms with van der Waals surface area (Å²) in [5.74, 6) is -2.31. The van der Waals surface area contributed by atoms with Crippen LogP contribution in [0, 0.1) is 11.8 Å². The number of Topliss-reactive ketones (excluding diaryl/α,β-unsaturated/α-hetero) is 2. The summed E-state index contributed by atoms with van der Waals surface area (Å²) in [6, 6.07) is 38.3. The highest BCUT2D eigenvalue weighted by Crippen LogP contribution is 2.74. The lowest BCUT2D eigenvalue weighted by atomic mass is 9.59. The zero-order chi connectivity index (χ0) is 36.4. The Hall–Kier alpha value is -6.28. The molecule has 0 radical (unpaired) electrons. The van der Waals surface area contributed by atoms with E-state index in [1.807, 2.05) is 109 Å². The number of imide groups is 1. The fraction of sp³-hybridized carbons (Fsp3) is 0.182. The van der Waals surface area contributed by atoms with E-state index in [1.54, 1.807) is 26.4 Å². The van der Waals surface area contributed by atoms with Crippen LogP contribution in [0.15, 0.2) is 127 Å². The van der Waals surface area contributed by atoms with Crippen LogP contribution in [0.25, 0.3) is 11.1 Å². The molecule has 5 aromatic rings. The number of benzene rings is 5. The van der Waals surface area contributed by atoms with E-state index in [0.29, 0.717) is 39.3 Å². The summed E-state index contributed by atoms with van der Waals surface area (Å²) < 4.78 is 16.7. The molecule has 1 saturated heterocycles. The van der Waals surface area contributed by atoms with Gasteiger partial charge in [-0.05, 0) is 82.8 Å². The molecule has 2 amide bonds. The second-order valence-corrected chi connectivity index (χ2v) is 13.3. The van der Waals surface area contributed by atoms with E-state index >= 15 is 14.4 Å². The molecule has 0 N–H and O–H groups in total. The Morgan fingerprint density at radius 1 is 0.577 bits per heavy atom. The smallest absolute Gasteiger partial charge is 0.239 e. The predicted octanol–water partition coefficient (Wildman–Crippen LogP) is 7.10. The summed E-state index contributed by atoms with van der Waals surface area (Å²) >= 11 is 0. The molecule has 52 heavy (non-hydrogen) atoms. The maximum Gasteiger partial charge on any atom is 0.239 e. The highest BCUT2D eigenvalue weighted by molar-refractivity contribution is 6.39. The lowest BCUT2D eigenvalue weighted by molar-refractivity contribution is -0.130. The SMILES string of the molecule is COc1ccc(C2=C(c3ccc(OC)cc3)[C@]3(c4ccccc4)C(=O)[C@]2(c2ccccc2)[C@@H]2C(=O)N(c4cc(C(C)=O)ccc4OC)C(=O)[C@@H]23)cc1. The lowest BCUT2D eigenvalue weighted by Gasteiger charge is -2.39. The van der Waals surface area contributed by atoms with Crippen molar-refractivity contribution < 1.29 is 33.4 Å². The van der Waals surface area contributed by atoms with Crippen LogP contribution in [0.5, 0.6) is 17.2 Å². The first-order valence-electron chi connectivity index (χ1n) is 17.0. The Kier molecular flexibility index (Phi) is 7.72. The van der Waals surface area contributed by atoms with Crippen LogP contribution in [0.4, 0.5) is 5.69 Å². The number of ether oxygens (including phenoxy) is 3. The first-order chi connectivity index (χ1) is 25.2. The summed E-state index contributed by atoms with van der Waals surface area (Å²) in [5.41, 5.74) is 1.22. The van der Waals surface area contributed by atoms with Crippen molar-refractivity contribution in [2.24, 2.45) is 11.8 Å². The Morgan fingerprint density at radius 2 is 1.02 bits per heavy atom. The minimum Gasteiger partial charge on any atom is -0.497 e. The predicted molar refractivity (Wildman–Crippen MR) is 197 cm³/mol. The summed E-state index contributed by atoms with van der Waals surface area (Å²) in [5, 5.41) is 0. The van der Waals surface area contributed by atoms with Gasteiger partial charge in [-0.2, -0.15) is 0 Å². The van der Waals surface area contributed by atoms with E-state index in [9.17, 15) is 4.79 Å². The molecule has 3 aliphatic rings. The number of carbonyl (C=O) groups is 4. The van der Waals surface area contributed by atoms with Crippen molar-refractivity contribution in [1.82, 2.24) is 0 Å². The first kappa shape index (κ1) is 32.9. The van der Waals surface area contributed by atoms with Gasteiger partial charge in [-0.15, -0.1) is 0 Å². The zero-order valence-corrected chi connectivity index (χ0v) is 29.1. The summed E-state index contributed by atoms with van der Waals surface area (Å²) in [6.07, 6.45) is 0. The molecule has 8 rings (SSSR count). The molecule has 1 heterocycles. The van der Waals surface area contributed by atoms with E-state index in [4.69, 9.17) is 14.2 Å². The normalized spacial score (nSPS) is 23.2. The molecule has 4 atom stereocenters. The van der Waals surface area contributed by atoms with Gasteiger partial charge < -0.3 is 14.2 Å². The number of carbonyl (C=O) groups excluding carboxylic acids is 4. The van der Waals surface area contributed by atoms with Gasteiger partial charge in [0.05, 0.1) is 49.7 Å². The average Bonchev–Trinajstić information content (AvgIpc) is 3.70. The number of ketones is 2. The number of hydrogen-bond acceptors (Lipinski definition) is 7. The average molecular weight is 690 g/mol. The van der Waals surface area contributed by atoms with Crippen LogP contribution in [-0.2, 0) is 25.2 Å². The van der Waals surface area contributed by atoms with Gasteiger partial charge in [0, 0.05) is 5.56 Å². The molecular formula is C44H35NO7. The van der Waals surface area contributed by atoms with Crippen LogP contribution < -0.4 is 19.1 Å². The van der Waals surface area contributed by atoms with Crippen LogP contribution >= 0.6 is 0 Å². The standard InChI is InChI=1S/C44H35NO7/c1-26(46)29-19-24-35(52-4)34(25-29)45-40(47)38-39(41(45)48)44(31-13-9-6-10-14-31)37(28-17-22-33(51-3)23-18-28)36(27-15-20-32(50-2)21-16-27)43(38,42(44)49)30-11-7-5-8-12-30/h5-25,38-39H,1-4H3/t38-,39+,43-,44-/m0/s1. The van der Waals surface area contributed by atoms with E-state index in [-0.39, 0.29) is 23.0 Å². The van der Waals surface area contributed by atoms with Crippen molar-refractivity contribution in [2.75, 3.05) is 26.2 Å². The van der Waals surface area contributed by atoms with Crippen molar-refractivity contribution >= 4 is 40.2 Å². The van der Waals surface area contributed by atoms with Gasteiger partial charge in [0.25, 0.3) is 0 Å². The fourth-order valence-corrected chi connectivity index (χ4v) is 8.96. The van der Waals surface area contributed by atoms with Crippen LogP contribution in [0.1, 0.15) is 39.5 Å². The van der Waals surface area contributed by atoms with Gasteiger partial charge in [-0.1, -0.05) is 84.9 Å². The van der Waals surface area contributed by atoms with E-state index in [2.05, 4.69) is 0 Å². The molecule has 0 unspecified atom stereocenters. The van der Waals surface area contributed by atoms with Gasteiger partial charge in [-0.3, -0.25) is 19.2 Å². The molecule has 5 aromatic carbocycles. The molecule has 0 aromatic heterocycles. The highest BCUT2D eigenvalue weighted by Gasteiger charge is 2.82. The maximum atomic E-state index is 16.2. The highest BCUT2D eigenvalue weighted by atomic mass is 16.5. The molecule has 2 fully saturated rings. The third-order valence-electron chi connectivity index (χ3n) is 11.0. The molecule has 2 bridgehead atoms. The van der Waals surface area contributed by atoms with E-state index in [0.717, 1.165) is 16.0 Å². The zero-order valence-electron chi connectivity index (χ0n) is 29.1. The Morgan fingerprint density at radius 3 is 1.40 bits per heavy atom. The summed E-state index contributed by atoms with van der Waals surface area (Å²) in [4.78, 5) is 60.7. The maximum absolute atomic E-state index is 16.2. The van der Waals surface area contributed by atoms with Crippen molar-refractivity contribution in [3.8, 4) is 17.2 Å². The Labute approximate surface area is 301 Å². The fourth-order valence-electron chi connectivity index (χ4n) is 8.96. The van der Waals surface area contributed by atoms with Gasteiger partial charge in [0.15, 0.2) is 11.6 Å². The second kappa shape index (κ2) is 12.2. The topological polar surface area (TPSA) is 99.2 Å². The third-order valence-corrected chi connectivity index (χ3v) is 11.0. The molecule has 0 spiro atoms. The minimum absolute atomic E-state index is 0.162. The number of nitrogens with zero attached hydrogens (tertiary/aromatic N) is 1. The largest absolute Gasteiger partial charge is 0.497 e. The van der Waals surface area contributed by atoms with E-state index < -0.39 is 34.5 Å². The lowest BCUT2D eigenvalue weighted by Crippen LogP contribution is -2.45. The van der Waals surface area contributed by atoms with Crippen molar-refractivity contribution in [3.05, 3.63) is 155 Å². The number of allylic oxidation sites excluding steroid dienone is 2. The molecule has 8 heteroatoms. The van der Waals surface area contributed by atoms with Gasteiger partial charge in [0.2, 0.25) is 11.8 Å². The molecule has 1 saturated carbocycles. The van der Waals surface area contributed by atoms with Gasteiger partial charge in [0.1, 0.15) is 17.2 Å². The van der Waals surface area contributed by atoms with Crippen molar-refractivity contribution in [3.63, 3.8) is 0 Å². The molecule has 258 valence electrons. The number of rotatable bonds is 9. The number of hydrogen-bond donors (Lipinski definition) is 0. The monoisotopic (exact) mass is 689 g/mol. The minimum atomic E-state index is -1.60. The summed E-state index contributed by atoms with van der Waals surface area (Å²) in [6.45, 7) is 1.42. The van der Waals surface area contributed by atoms with Crippen molar-refractivity contribution in [2.45, 2.75) is 17.8 Å². The van der Waals surface area contributed by atoms with Gasteiger partial charge in [-0.25, -0.2) is 4.90 Å². The van der Waals surface area contributed by atoms with E-state index in [1.165, 1.54) is 20.1 Å². The number of methoxy groups -OCH3 is 3. The second-order valence-electron chi connectivity index (χ2n) is 13.3. The quantitative estimate of drug-likeness (QED) is 0.120. The number of anilines is 1. The molecule has 8 nitrogen and oxygen atoms in total. The first-order valence-corrected chi connectivity index (χ1v) is 17.0.